The number of rotatable bonds is 12. The van der Waals surface area contributed by atoms with E-state index in [1.807, 2.05) is 57.4 Å². The second-order valence-electron chi connectivity index (χ2n) is 12.4. The van der Waals surface area contributed by atoms with Gasteiger partial charge in [0.05, 0.1) is 19.1 Å². The molecule has 1 aliphatic rings. The van der Waals surface area contributed by atoms with Crippen molar-refractivity contribution >= 4 is 17.5 Å². The summed E-state index contributed by atoms with van der Waals surface area (Å²) in [4.78, 5) is 32.2. The Morgan fingerprint density at radius 2 is 1.75 bits per heavy atom. The Morgan fingerprint density at radius 1 is 1.05 bits per heavy atom. The van der Waals surface area contributed by atoms with E-state index in [1.54, 1.807) is 4.90 Å². The first-order valence-corrected chi connectivity index (χ1v) is 15.6. The van der Waals surface area contributed by atoms with Gasteiger partial charge in [-0.1, -0.05) is 61.5 Å². The van der Waals surface area contributed by atoms with E-state index in [-0.39, 0.29) is 42.9 Å². The molecule has 0 aliphatic carbocycles. The number of anilines is 1. The van der Waals surface area contributed by atoms with Gasteiger partial charge in [-0.3, -0.25) is 14.5 Å². The molecule has 3 aromatic carbocycles. The van der Waals surface area contributed by atoms with Crippen molar-refractivity contribution < 1.29 is 19.4 Å². The van der Waals surface area contributed by atoms with Gasteiger partial charge in [0, 0.05) is 43.2 Å². The topological polar surface area (TPSA) is 85.3 Å². The van der Waals surface area contributed by atoms with Gasteiger partial charge < -0.3 is 25.0 Å². The van der Waals surface area contributed by atoms with E-state index in [0.717, 1.165) is 25.1 Å². The smallest absolute Gasteiger partial charge is 0.227 e. The molecule has 3 aromatic rings. The number of benzene rings is 3. The third-order valence-electron chi connectivity index (χ3n) is 8.21. The Balaban J connectivity index is 1.50. The SMILES string of the molecule is C[C@H](CO)N1C[C@H](C)[C@H](CN(C)Cc2ccc(-c3ccccc3)cc2)Oc2ccc(NC(=O)CCCN(C)C)cc2CC1=O. The largest absolute Gasteiger partial charge is 0.488 e. The molecule has 0 saturated carbocycles. The van der Waals surface area contributed by atoms with Crippen LogP contribution in [-0.2, 0) is 22.6 Å². The number of aliphatic hydroxyl groups excluding tert-OH is 1. The number of likely N-dealkylation sites (N-methyl/N-ethyl adjacent to an activating group) is 1. The number of fused-ring (bicyclic) bond motifs is 1. The van der Waals surface area contributed by atoms with Crippen LogP contribution < -0.4 is 10.1 Å². The Morgan fingerprint density at radius 3 is 2.43 bits per heavy atom. The molecule has 2 N–H and O–H groups in total. The van der Waals surface area contributed by atoms with Crippen LogP contribution in [0, 0.1) is 5.92 Å². The molecule has 0 radical (unpaired) electrons. The number of carbonyl (C=O) groups excluding carboxylic acids is 2. The van der Waals surface area contributed by atoms with Gasteiger partial charge in [-0.05, 0) is 75.9 Å². The highest BCUT2D eigenvalue weighted by molar-refractivity contribution is 5.91. The first-order valence-electron chi connectivity index (χ1n) is 15.6. The number of ether oxygens (including phenoxy) is 1. The van der Waals surface area contributed by atoms with E-state index in [2.05, 4.69) is 65.5 Å². The number of aliphatic hydroxyl groups is 1. The van der Waals surface area contributed by atoms with Gasteiger partial charge in [-0.15, -0.1) is 0 Å². The Kier molecular flexibility index (Phi) is 11.9. The summed E-state index contributed by atoms with van der Waals surface area (Å²) in [7, 11) is 6.06. The fraction of sp³-hybridized carbons (Fsp3) is 0.444. The van der Waals surface area contributed by atoms with Crippen molar-refractivity contribution in [3.63, 3.8) is 0 Å². The highest BCUT2D eigenvalue weighted by Crippen LogP contribution is 2.29. The average Bonchev–Trinajstić information content (AvgIpc) is 3.04. The molecular formula is C36H48N4O4. The third-order valence-corrected chi connectivity index (χ3v) is 8.21. The predicted octanol–water partition coefficient (Wildman–Crippen LogP) is 4.91. The number of amides is 2. The lowest BCUT2D eigenvalue weighted by molar-refractivity contribution is -0.134. The molecule has 1 heterocycles. The van der Waals surface area contributed by atoms with E-state index in [4.69, 9.17) is 4.74 Å². The first kappa shape index (κ1) is 33.2. The van der Waals surface area contributed by atoms with E-state index < -0.39 is 0 Å². The molecule has 8 heteroatoms. The molecule has 0 aromatic heterocycles. The zero-order valence-corrected chi connectivity index (χ0v) is 26.8. The number of carbonyl (C=O) groups is 2. The standard InChI is InChI=1S/C36H48N4O4/c1-26-22-40(27(2)25-41)36(43)21-31-20-32(37-35(42)12-9-19-38(3)4)17-18-33(31)44-34(26)24-39(5)23-28-13-15-30(16-14-28)29-10-7-6-8-11-29/h6-8,10-11,13-18,20,26-27,34,41H,9,12,19,21-25H2,1-5H3,(H,37,42)/t26-,27+,34-/m0/s1. The highest BCUT2D eigenvalue weighted by Gasteiger charge is 2.31. The summed E-state index contributed by atoms with van der Waals surface area (Å²) in [5, 5.41) is 12.9. The fourth-order valence-electron chi connectivity index (χ4n) is 5.62. The lowest BCUT2D eigenvalue weighted by atomic mass is 10.0. The minimum Gasteiger partial charge on any atom is -0.488 e. The number of nitrogens with one attached hydrogen (secondary N) is 1. The number of hydrogen-bond acceptors (Lipinski definition) is 6. The second kappa shape index (κ2) is 15.8. The summed E-state index contributed by atoms with van der Waals surface area (Å²) in [6.45, 7) is 6.59. The molecule has 4 rings (SSSR count). The lowest BCUT2D eigenvalue weighted by Crippen LogP contribution is -2.47. The van der Waals surface area contributed by atoms with Crippen LogP contribution >= 0.6 is 0 Å². The van der Waals surface area contributed by atoms with Crippen molar-refractivity contribution in [2.75, 3.05) is 52.7 Å². The Labute approximate surface area is 262 Å². The van der Waals surface area contributed by atoms with Crippen LogP contribution in [-0.4, -0.2) is 91.2 Å². The van der Waals surface area contributed by atoms with Crippen LogP contribution in [0.4, 0.5) is 5.69 Å². The average molecular weight is 601 g/mol. The number of nitrogens with zero attached hydrogens (tertiary/aromatic N) is 3. The van der Waals surface area contributed by atoms with Crippen LogP contribution in [0.25, 0.3) is 11.1 Å². The van der Waals surface area contributed by atoms with Gasteiger partial charge in [0.15, 0.2) is 0 Å². The van der Waals surface area contributed by atoms with E-state index in [9.17, 15) is 14.7 Å². The van der Waals surface area contributed by atoms with Crippen molar-refractivity contribution in [1.82, 2.24) is 14.7 Å². The highest BCUT2D eigenvalue weighted by atomic mass is 16.5. The van der Waals surface area contributed by atoms with Crippen LogP contribution in [0.1, 0.15) is 37.8 Å². The molecule has 44 heavy (non-hydrogen) atoms. The Hall–Kier alpha value is -3.72. The van der Waals surface area contributed by atoms with Gasteiger partial charge in [0.25, 0.3) is 0 Å². The predicted molar refractivity (Wildman–Crippen MR) is 177 cm³/mol. The summed E-state index contributed by atoms with van der Waals surface area (Å²) in [5.41, 5.74) is 4.97. The zero-order chi connectivity index (χ0) is 31.6. The third kappa shape index (κ3) is 9.39. The molecule has 0 fully saturated rings. The quantitative estimate of drug-likeness (QED) is 0.307. The fourth-order valence-corrected chi connectivity index (χ4v) is 5.62. The van der Waals surface area contributed by atoms with Gasteiger partial charge >= 0.3 is 0 Å². The van der Waals surface area contributed by atoms with Crippen molar-refractivity contribution in [2.45, 2.75) is 51.8 Å². The zero-order valence-electron chi connectivity index (χ0n) is 26.8. The van der Waals surface area contributed by atoms with Crippen LogP contribution in [0.3, 0.4) is 0 Å². The maximum Gasteiger partial charge on any atom is 0.227 e. The first-order chi connectivity index (χ1) is 21.1. The Bertz CT molecular complexity index is 1360. The van der Waals surface area contributed by atoms with Gasteiger partial charge in [0.2, 0.25) is 11.8 Å². The lowest BCUT2D eigenvalue weighted by Gasteiger charge is -2.34. The summed E-state index contributed by atoms with van der Waals surface area (Å²) in [6.07, 6.45) is 1.12. The minimum atomic E-state index is -0.312. The molecule has 3 atom stereocenters. The summed E-state index contributed by atoms with van der Waals surface area (Å²) >= 11 is 0. The maximum atomic E-state index is 13.5. The van der Waals surface area contributed by atoms with Crippen molar-refractivity contribution in [1.29, 1.82) is 0 Å². The van der Waals surface area contributed by atoms with E-state index in [1.165, 1.54) is 16.7 Å². The van der Waals surface area contributed by atoms with E-state index in [0.29, 0.717) is 30.9 Å². The van der Waals surface area contributed by atoms with Gasteiger partial charge in [-0.2, -0.15) is 0 Å². The molecule has 0 saturated heterocycles. The molecule has 0 bridgehead atoms. The maximum absolute atomic E-state index is 13.5. The minimum absolute atomic E-state index is 0.0119. The van der Waals surface area contributed by atoms with Crippen molar-refractivity contribution in [3.8, 4) is 16.9 Å². The molecular weight excluding hydrogens is 552 g/mol. The molecule has 1 aliphatic heterocycles. The second-order valence-corrected chi connectivity index (χ2v) is 12.4. The monoisotopic (exact) mass is 600 g/mol. The van der Waals surface area contributed by atoms with Crippen LogP contribution in [0.5, 0.6) is 5.75 Å². The van der Waals surface area contributed by atoms with Gasteiger partial charge in [0.1, 0.15) is 11.9 Å². The van der Waals surface area contributed by atoms with Gasteiger partial charge in [-0.25, -0.2) is 0 Å². The summed E-state index contributed by atoms with van der Waals surface area (Å²) in [6, 6.07) is 24.3. The summed E-state index contributed by atoms with van der Waals surface area (Å²) < 4.78 is 6.67. The van der Waals surface area contributed by atoms with E-state index >= 15 is 0 Å². The molecule has 8 nitrogen and oxygen atoms in total. The van der Waals surface area contributed by atoms with Crippen molar-refractivity contribution in [3.05, 3.63) is 83.9 Å². The molecule has 0 spiro atoms. The summed E-state index contributed by atoms with van der Waals surface area (Å²) in [5.74, 6) is 0.547. The molecule has 236 valence electrons. The molecule has 0 unspecified atom stereocenters. The van der Waals surface area contributed by atoms with Crippen LogP contribution in [0.15, 0.2) is 72.8 Å². The van der Waals surface area contributed by atoms with Crippen molar-refractivity contribution in [2.24, 2.45) is 5.92 Å². The normalized spacial score (nSPS) is 17.8. The van der Waals surface area contributed by atoms with Crippen LogP contribution in [0.2, 0.25) is 0 Å². The number of hydrogen-bond donors (Lipinski definition) is 2. The molecule has 2 amide bonds.